The first-order chi connectivity index (χ1) is 11.1. The van der Waals surface area contributed by atoms with E-state index in [9.17, 15) is 4.79 Å². The van der Waals surface area contributed by atoms with Crippen LogP contribution in [0.4, 0.5) is 4.79 Å². The predicted molar refractivity (Wildman–Crippen MR) is 87.2 cm³/mol. The van der Waals surface area contributed by atoms with E-state index in [-0.39, 0.29) is 6.03 Å². The van der Waals surface area contributed by atoms with Crippen molar-refractivity contribution in [1.29, 1.82) is 0 Å². The van der Waals surface area contributed by atoms with E-state index in [2.05, 4.69) is 20.4 Å². The Hall–Kier alpha value is -1.93. The molecule has 0 unspecified atom stereocenters. The SMILES string of the molecule is Cc1cc(CN2CCN(C(=O)NCc3csc(C)n3)CC2)on1. The van der Waals surface area contributed by atoms with E-state index < -0.39 is 0 Å². The van der Waals surface area contributed by atoms with Crippen LogP contribution in [0.25, 0.3) is 0 Å². The van der Waals surface area contributed by atoms with E-state index in [1.54, 1.807) is 11.3 Å². The van der Waals surface area contributed by atoms with Crippen molar-refractivity contribution >= 4 is 17.4 Å². The van der Waals surface area contributed by atoms with Gasteiger partial charge < -0.3 is 14.7 Å². The molecule has 8 heteroatoms. The number of hydrogen-bond donors (Lipinski definition) is 1. The van der Waals surface area contributed by atoms with E-state index in [0.717, 1.165) is 54.9 Å². The summed E-state index contributed by atoms with van der Waals surface area (Å²) < 4.78 is 5.24. The molecule has 0 spiro atoms. The van der Waals surface area contributed by atoms with Crippen LogP contribution in [0.5, 0.6) is 0 Å². The molecule has 0 bridgehead atoms. The van der Waals surface area contributed by atoms with E-state index in [0.29, 0.717) is 6.54 Å². The smallest absolute Gasteiger partial charge is 0.317 e. The van der Waals surface area contributed by atoms with Crippen LogP contribution in [0.15, 0.2) is 16.0 Å². The second-order valence-electron chi connectivity index (χ2n) is 5.71. The third kappa shape index (κ3) is 4.29. The molecule has 0 radical (unpaired) electrons. The number of nitrogens with one attached hydrogen (secondary N) is 1. The molecule has 3 rings (SSSR count). The highest BCUT2D eigenvalue weighted by atomic mass is 32.1. The molecule has 0 saturated carbocycles. The van der Waals surface area contributed by atoms with Crippen LogP contribution in [-0.4, -0.2) is 52.2 Å². The summed E-state index contributed by atoms with van der Waals surface area (Å²) in [5, 5.41) is 9.83. The summed E-state index contributed by atoms with van der Waals surface area (Å²) in [6.45, 7) is 8.22. The van der Waals surface area contributed by atoms with Crippen molar-refractivity contribution in [2.45, 2.75) is 26.9 Å². The maximum atomic E-state index is 12.2. The lowest BCUT2D eigenvalue weighted by molar-refractivity contribution is 0.127. The summed E-state index contributed by atoms with van der Waals surface area (Å²) in [5.74, 6) is 0.874. The van der Waals surface area contributed by atoms with Crippen molar-refractivity contribution in [3.8, 4) is 0 Å². The zero-order valence-corrected chi connectivity index (χ0v) is 14.2. The van der Waals surface area contributed by atoms with Crippen LogP contribution in [0.1, 0.15) is 22.2 Å². The summed E-state index contributed by atoms with van der Waals surface area (Å²) in [6, 6.07) is 1.93. The average molecular weight is 335 g/mol. The van der Waals surface area contributed by atoms with Gasteiger partial charge in [0.2, 0.25) is 0 Å². The van der Waals surface area contributed by atoms with Crippen LogP contribution in [0, 0.1) is 13.8 Å². The highest BCUT2D eigenvalue weighted by Gasteiger charge is 2.21. The molecule has 1 saturated heterocycles. The lowest BCUT2D eigenvalue weighted by Crippen LogP contribution is -2.51. The number of thiazole rings is 1. The van der Waals surface area contributed by atoms with Crippen molar-refractivity contribution in [2.75, 3.05) is 26.2 Å². The molecule has 2 aromatic rings. The van der Waals surface area contributed by atoms with Crippen LogP contribution in [0.3, 0.4) is 0 Å². The number of aromatic nitrogens is 2. The molecule has 0 aliphatic carbocycles. The molecule has 2 amide bonds. The fraction of sp³-hybridized carbons (Fsp3) is 0.533. The molecule has 1 fully saturated rings. The van der Waals surface area contributed by atoms with Gasteiger partial charge in [0, 0.05) is 37.6 Å². The van der Waals surface area contributed by atoms with Crippen molar-refractivity contribution in [1.82, 2.24) is 25.3 Å². The quantitative estimate of drug-likeness (QED) is 0.922. The molecule has 1 aliphatic rings. The Morgan fingerprint density at radius 1 is 1.35 bits per heavy atom. The summed E-state index contributed by atoms with van der Waals surface area (Å²) in [4.78, 5) is 20.7. The maximum absolute atomic E-state index is 12.2. The van der Waals surface area contributed by atoms with E-state index in [1.807, 2.05) is 30.2 Å². The van der Waals surface area contributed by atoms with Crippen LogP contribution in [-0.2, 0) is 13.1 Å². The number of rotatable bonds is 4. The van der Waals surface area contributed by atoms with Gasteiger partial charge in [-0.3, -0.25) is 4.90 Å². The number of carbonyl (C=O) groups is 1. The minimum absolute atomic E-state index is 0.0224. The van der Waals surface area contributed by atoms with Crippen molar-refractivity contribution in [3.63, 3.8) is 0 Å². The van der Waals surface area contributed by atoms with E-state index >= 15 is 0 Å². The molecule has 1 N–H and O–H groups in total. The topological polar surface area (TPSA) is 74.5 Å². The lowest BCUT2D eigenvalue weighted by atomic mass is 10.3. The number of urea groups is 1. The Bertz CT molecular complexity index is 660. The molecule has 124 valence electrons. The third-order valence-corrected chi connectivity index (χ3v) is 4.63. The molecule has 7 nitrogen and oxygen atoms in total. The normalized spacial score (nSPS) is 15.8. The lowest BCUT2D eigenvalue weighted by Gasteiger charge is -2.34. The number of nitrogens with zero attached hydrogens (tertiary/aromatic N) is 4. The molecule has 0 aromatic carbocycles. The average Bonchev–Trinajstić information content (AvgIpc) is 3.14. The summed E-state index contributed by atoms with van der Waals surface area (Å²) >= 11 is 1.60. The summed E-state index contributed by atoms with van der Waals surface area (Å²) in [6.07, 6.45) is 0. The second-order valence-corrected chi connectivity index (χ2v) is 6.78. The van der Waals surface area contributed by atoms with Crippen molar-refractivity contribution in [3.05, 3.63) is 33.6 Å². The van der Waals surface area contributed by atoms with Gasteiger partial charge in [0.15, 0.2) is 5.76 Å². The first kappa shape index (κ1) is 15.9. The van der Waals surface area contributed by atoms with Crippen LogP contribution >= 0.6 is 11.3 Å². The molecular formula is C15H21N5O2S. The fourth-order valence-corrected chi connectivity index (χ4v) is 3.20. The number of aryl methyl sites for hydroxylation is 2. The summed E-state index contributed by atoms with van der Waals surface area (Å²) in [5.41, 5.74) is 1.82. The molecule has 1 aliphatic heterocycles. The minimum Gasteiger partial charge on any atom is -0.360 e. The Morgan fingerprint density at radius 2 is 2.13 bits per heavy atom. The number of piperazine rings is 1. The monoisotopic (exact) mass is 335 g/mol. The predicted octanol–water partition coefficient (Wildman–Crippen LogP) is 1.78. The standard InChI is InChI=1S/C15H21N5O2S/c1-11-7-14(22-18-11)9-19-3-5-20(6-4-19)15(21)16-8-13-10-23-12(2)17-13/h7,10H,3-6,8-9H2,1-2H3,(H,16,21). The third-order valence-electron chi connectivity index (χ3n) is 3.80. The highest BCUT2D eigenvalue weighted by molar-refractivity contribution is 7.09. The summed E-state index contributed by atoms with van der Waals surface area (Å²) in [7, 11) is 0. The largest absolute Gasteiger partial charge is 0.360 e. The second kappa shape index (κ2) is 7.10. The Labute approximate surface area is 139 Å². The van der Waals surface area contributed by atoms with Gasteiger partial charge in [-0.1, -0.05) is 5.16 Å². The molecule has 3 heterocycles. The number of carbonyl (C=O) groups excluding carboxylic acids is 1. The zero-order valence-electron chi connectivity index (χ0n) is 13.4. The van der Waals surface area contributed by atoms with Crippen molar-refractivity contribution < 1.29 is 9.32 Å². The first-order valence-corrected chi connectivity index (χ1v) is 8.56. The Balaban J connectivity index is 1.42. The van der Waals surface area contributed by atoms with Gasteiger partial charge in [-0.15, -0.1) is 11.3 Å². The van der Waals surface area contributed by atoms with Gasteiger partial charge in [0.1, 0.15) is 0 Å². The van der Waals surface area contributed by atoms with Crippen LogP contribution < -0.4 is 5.32 Å². The number of amides is 2. The first-order valence-electron chi connectivity index (χ1n) is 7.68. The molecule has 2 aromatic heterocycles. The van der Waals surface area contributed by atoms with E-state index in [1.165, 1.54) is 0 Å². The van der Waals surface area contributed by atoms with Gasteiger partial charge in [-0.05, 0) is 13.8 Å². The molecule has 23 heavy (non-hydrogen) atoms. The van der Waals surface area contributed by atoms with Gasteiger partial charge in [0.05, 0.1) is 29.5 Å². The number of hydrogen-bond acceptors (Lipinski definition) is 6. The molecular weight excluding hydrogens is 314 g/mol. The van der Waals surface area contributed by atoms with Gasteiger partial charge in [-0.25, -0.2) is 9.78 Å². The molecule has 0 atom stereocenters. The fourth-order valence-electron chi connectivity index (χ4n) is 2.59. The van der Waals surface area contributed by atoms with Gasteiger partial charge >= 0.3 is 6.03 Å². The van der Waals surface area contributed by atoms with E-state index in [4.69, 9.17) is 4.52 Å². The van der Waals surface area contributed by atoms with Gasteiger partial charge in [-0.2, -0.15) is 0 Å². The van der Waals surface area contributed by atoms with Gasteiger partial charge in [0.25, 0.3) is 0 Å². The van der Waals surface area contributed by atoms with Crippen molar-refractivity contribution in [2.24, 2.45) is 0 Å². The Morgan fingerprint density at radius 3 is 2.74 bits per heavy atom. The van der Waals surface area contributed by atoms with Crippen LogP contribution in [0.2, 0.25) is 0 Å². The zero-order chi connectivity index (χ0) is 16.2. The maximum Gasteiger partial charge on any atom is 0.317 e. The Kier molecular flexibility index (Phi) is 4.92. The minimum atomic E-state index is -0.0224. The highest BCUT2D eigenvalue weighted by Crippen LogP contribution is 2.10.